The molecule has 27 heavy (non-hydrogen) atoms. The van der Waals surface area contributed by atoms with E-state index in [1.54, 1.807) is 50.2 Å². The first-order valence-electron chi connectivity index (χ1n) is 8.88. The summed E-state index contributed by atoms with van der Waals surface area (Å²) < 4.78 is 32.3. The van der Waals surface area contributed by atoms with Crippen LogP contribution in [0.4, 0.5) is 0 Å². The lowest BCUT2D eigenvalue weighted by molar-refractivity contribution is 0.0951. The molecule has 146 valence electrons. The summed E-state index contributed by atoms with van der Waals surface area (Å²) in [5.41, 5.74) is 1.95. The summed E-state index contributed by atoms with van der Waals surface area (Å²) in [6, 6.07) is 13.9. The molecular formula is C20H26N2O4S. The maximum absolute atomic E-state index is 12.3. The molecule has 0 spiro atoms. The quantitative estimate of drug-likeness (QED) is 0.690. The maximum atomic E-state index is 12.3. The third-order valence-electron chi connectivity index (χ3n) is 3.75. The fourth-order valence-corrected chi connectivity index (χ4v) is 4.12. The van der Waals surface area contributed by atoms with Gasteiger partial charge in [-0.1, -0.05) is 24.3 Å². The van der Waals surface area contributed by atoms with Crippen LogP contribution in [0.1, 0.15) is 42.3 Å². The smallest absolute Gasteiger partial charge is 0.251 e. The van der Waals surface area contributed by atoms with Gasteiger partial charge in [0.25, 0.3) is 5.91 Å². The summed E-state index contributed by atoms with van der Waals surface area (Å²) in [5.74, 6) is 0.360. The third-order valence-corrected chi connectivity index (χ3v) is 5.27. The van der Waals surface area contributed by atoms with Gasteiger partial charge in [-0.3, -0.25) is 4.79 Å². The Morgan fingerprint density at radius 2 is 1.67 bits per heavy atom. The molecule has 0 aliphatic carbocycles. The molecule has 7 heteroatoms. The Hall–Kier alpha value is -2.38. The molecule has 0 bridgehead atoms. The second-order valence-corrected chi connectivity index (χ2v) is 8.19. The molecule has 2 aromatic rings. The van der Waals surface area contributed by atoms with Crippen LogP contribution >= 0.6 is 0 Å². The predicted octanol–water partition coefficient (Wildman–Crippen LogP) is 2.84. The highest BCUT2D eigenvalue weighted by Crippen LogP contribution is 2.14. The molecule has 0 aliphatic heterocycles. The van der Waals surface area contributed by atoms with Gasteiger partial charge in [-0.2, -0.15) is 0 Å². The Morgan fingerprint density at radius 1 is 1.04 bits per heavy atom. The normalized spacial score (nSPS) is 11.4. The molecule has 0 heterocycles. The van der Waals surface area contributed by atoms with E-state index >= 15 is 0 Å². The van der Waals surface area contributed by atoms with E-state index in [1.165, 1.54) is 0 Å². The van der Waals surface area contributed by atoms with Crippen molar-refractivity contribution in [3.63, 3.8) is 0 Å². The number of carbonyl (C=O) groups excluding carboxylic acids is 1. The number of rotatable bonds is 9. The lowest BCUT2D eigenvalue weighted by Gasteiger charge is -2.13. The van der Waals surface area contributed by atoms with Crippen molar-refractivity contribution in [2.75, 3.05) is 6.61 Å². The van der Waals surface area contributed by atoms with Crippen LogP contribution in [0.25, 0.3) is 0 Å². The summed E-state index contributed by atoms with van der Waals surface area (Å²) in [6.45, 7) is 6.27. The molecular weight excluding hydrogens is 364 g/mol. The number of amides is 1. The minimum absolute atomic E-state index is 0.125. The molecule has 0 saturated carbocycles. The molecule has 0 radical (unpaired) electrons. The SMILES string of the molecule is CCOc1ccc(C(=O)NCc2ccccc2CS(=O)(=O)NC(C)C)cc1. The van der Waals surface area contributed by atoms with Gasteiger partial charge in [0.1, 0.15) is 5.75 Å². The van der Waals surface area contributed by atoms with Gasteiger partial charge in [-0.25, -0.2) is 13.1 Å². The van der Waals surface area contributed by atoms with Crippen LogP contribution in [0.15, 0.2) is 48.5 Å². The van der Waals surface area contributed by atoms with Crippen LogP contribution in [-0.2, 0) is 22.3 Å². The van der Waals surface area contributed by atoms with E-state index in [2.05, 4.69) is 10.0 Å². The van der Waals surface area contributed by atoms with E-state index < -0.39 is 10.0 Å². The number of carbonyl (C=O) groups is 1. The predicted molar refractivity (Wildman–Crippen MR) is 106 cm³/mol. The Kier molecular flexibility index (Phi) is 7.38. The van der Waals surface area contributed by atoms with Crippen molar-refractivity contribution in [1.82, 2.24) is 10.0 Å². The zero-order valence-electron chi connectivity index (χ0n) is 15.9. The van der Waals surface area contributed by atoms with E-state index in [0.717, 1.165) is 5.56 Å². The van der Waals surface area contributed by atoms with Crippen molar-refractivity contribution in [3.05, 3.63) is 65.2 Å². The van der Waals surface area contributed by atoms with Gasteiger partial charge < -0.3 is 10.1 Å². The molecule has 0 aliphatic rings. The van der Waals surface area contributed by atoms with Crippen LogP contribution in [0.3, 0.4) is 0 Å². The number of sulfonamides is 1. The molecule has 1 amide bonds. The van der Waals surface area contributed by atoms with E-state index in [9.17, 15) is 13.2 Å². The van der Waals surface area contributed by atoms with Gasteiger partial charge in [0, 0.05) is 18.2 Å². The zero-order valence-corrected chi connectivity index (χ0v) is 16.7. The van der Waals surface area contributed by atoms with Crippen molar-refractivity contribution in [2.45, 2.75) is 39.1 Å². The van der Waals surface area contributed by atoms with Gasteiger partial charge in [0.05, 0.1) is 12.4 Å². The highest BCUT2D eigenvalue weighted by molar-refractivity contribution is 7.88. The third kappa shape index (κ3) is 6.69. The van der Waals surface area contributed by atoms with E-state index in [1.807, 2.05) is 19.1 Å². The largest absolute Gasteiger partial charge is 0.494 e. The van der Waals surface area contributed by atoms with Gasteiger partial charge in [-0.05, 0) is 56.2 Å². The molecule has 0 aromatic heterocycles. The Labute approximate surface area is 161 Å². The first-order valence-corrected chi connectivity index (χ1v) is 10.5. The molecule has 2 rings (SSSR count). The van der Waals surface area contributed by atoms with Crippen LogP contribution in [0.2, 0.25) is 0 Å². The van der Waals surface area contributed by atoms with Crippen molar-refractivity contribution >= 4 is 15.9 Å². The Balaban J connectivity index is 2.04. The van der Waals surface area contributed by atoms with E-state index in [0.29, 0.717) is 23.5 Å². The van der Waals surface area contributed by atoms with Gasteiger partial charge >= 0.3 is 0 Å². The standard InChI is InChI=1S/C20H26N2O4S/c1-4-26-19-11-9-16(10-12-19)20(23)21-13-17-7-5-6-8-18(17)14-27(24,25)22-15(2)3/h5-12,15,22H,4,13-14H2,1-3H3,(H,21,23). The fourth-order valence-electron chi connectivity index (χ4n) is 2.62. The molecule has 0 atom stereocenters. The highest BCUT2D eigenvalue weighted by atomic mass is 32.2. The minimum Gasteiger partial charge on any atom is -0.494 e. The summed E-state index contributed by atoms with van der Waals surface area (Å²) in [4.78, 5) is 12.3. The Bertz CT molecular complexity index is 862. The van der Waals surface area contributed by atoms with Gasteiger partial charge in [0.2, 0.25) is 10.0 Å². The second-order valence-electron chi connectivity index (χ2n) is 6.44. The average Bonchev–Trinajstić information content (AvgIpc) is 2.60. The maximum Gasteiger partial charge on any atom is 0.251 e. The Morgan fingerprint density at radius 3 is 2.26 bits per heavy atom. The lowest BCUT2D eigenvalue weighted by atomic mass is 10.1. The highest BCUT2D eigenvalue weighted by Gasteiger charge is 2.15. The van der Waals surface area contributed by atoms with Crippen LogP contribution < -0.4 is 14.8 Å². The molecule has 0 fully saturated rings. The van der Waals surface area contributed by atoms with Gasteiger partial charge in [-0.15, -0.1) is 0 Å². The molecule has 6 nitrogen and oxygen atoms in total. The van der Waals surface area contributed by atoms with Crippen molar-refractivity contribution < 1.29 is 17.9 Å². The molecule has 2 aromatic carbocycles. The summed E-state index contributed by atoms with van der Waals surface area (Å²) in [7, 11) is -3.43. The van der Waals surface area contributed by atoms with Crippen molar-refractivity contribution in [3.8, 4) is 5.75 Å². The topological polar surface area (TPSA) is 84.5 Å². The molecule has 2 N–H and O–H groups in total. The minimum atomic E-state index is -3.43. The lowest BCUT2D eigenvalue weighted by Crippen LogP contribution is -2.31. The van der Waals surface area contributed by atoms with Gasteiger partial charge in [0.15, 0.2) is 0 Å². The number of nitrogens with one attached hydrogen (secondary N) is 2. The number of ether oxygens (including phenoxy) is 1. The van der Waals surface area contributed by atoms with Crippen LogP contribution in [0, 0.1) is 0 Å². The number of hydrogen-bond acceptors (Lipinski definition) is 4. The summed E-state index contributed by atoms with van der Waals surface area (Å²) in [6.07, 6.45) is 0. The second kappa shape index (κ2) is 9.53. The van der Waals surface area contributed by atoms with Crippen molar-refractivity contribution in [1.29, 1.82) is 0 Å². The first kappa shape index (κ1) is 20.9. The van der Waals surface area contributed by atoms with Crippen LogP contribution in [0.5, 0.6) is 5.75 Å². The summed E-state index contributed by atoms with van der Waals surface area (Å²) >= 11 is 0. The average molecular weight is 391 g/mol. The fraction of sp³-hybridized carbons (Fsp3) is 0.350. The monoisotopic (exact) mass is 390 g/mol. The van der Waals surface area contributed by atoms with Crippen molar-refractivity contribution in [2.24, 2.45) is 0 Å². The van der Waals surface area contributed by atoms with E-state index in [-0.39, 0.29) is 24.2 Å². The van der Waals surface area contributed by atoms with E-state index in [4.69, 9.17) is 4.74 Å². The number of hydrogen-bond donors (Lipinski definition) is 2. The molecule has 0 unspecified atom stereocenters. The van der Waals surface area contributed by atoms with Crippen LogP contribution in [-0.4, -0.2) is 27.0 Å². The molecule has 0 saturated heterocycles. The number of benzene rings is 2. The first-order chi connectivity index (χ1) is 12.8. The zero-order chi connectivity index (χ0) is 19.9. The summed E-state index contributed by atoms with van der Waals surface area (Å²) in [5, 5.41) is 2.84.